The van der Waals surface area contributed by atoms with E-state index < -0.39 is 22.0 Å². The number of rotatable bonds is 3. The fraction of sp³-hybridized carbons (Fsp3) is 0.333. The van der Waals surface area contributed by atoms with Gasteiger partial charge in [0.15, 0.2) is 0 Å². The molecule has 2 heterocycles. The van der Waals surface area contributed by atoms with Crippen molar-refractivity contribution in [1.82, 2.24) is 14.1 Å². The third-order valence-electron chi connectivity index (χ3n) is 4.09. The van der Waals surface area contributed by atoms with E-state index in [1.807, 2.05) is 24.3 Å². The number of amides is 1. The molecule has 0 fully saturated rings. The number of hydrogen-bond acceptors (Lipinski definition) is 4. The van der Waals surface area contributed by atoms with Crippen LogP contribution in [0.2, 0.25) is 0 Å². The first-order valence-corrected chi connectivity index (χ1v) is 8.63. The van der Waals surface area contributed by atoms with Crippen molar-refractivity contribution < 1.29 is 13.2 Å². The van der Waals surface area contributed by atoms with Crippen molar-refractivity contribution in [2.24, 2.45) is 12.8 Å². The van der Waals surface area contributed by atoms with E-state index in [2.05, 4.69) is 5.10 Å². The Kier molecular flexibility index (Phi) is 3.73. The van der Waals surface area contributed by atoms with Crippen LogP contribution in [0.4, 0.5) is 0 Å². The Labute approximate surface area is 134 Å². The first-order chi connectivity index (χ1) is 10.8. The number of primary amides is 1. The molecule has 0 spiro atoms. The van der Waals surface area contributed by atoms with Gasteiger partial charge in [-0.15, -0.1) is 0 Å². The Hall–Kier alpha value is -2.19. The molecule has 122 valence electrons. The lowest BCUT2D eigenvalue weighted by molar-refractivity contribution is -0.122. The molecule has 0 unspecified atom stereocenters. The summed E-state index contributed by atoms with van der Waals surface area (Å²) < 4.78 is 28.6. The largest absolute Gasteiger partial charge is 0.368 e. The molecule has 3 rings (SSSR count). The number of nitrogens with two attached hydrogens (primary N) is 1. The maximum absolute atomic E-state index is 13.0. The van der Waals surface area contributed by atoms with Gasteiger partial charge in [0.25, 0.3) is 0 Å². The van der Waals surface area contributed by atoms with Gasteiger partial charge >= 0.3 is 0 Å². The number of sulfonamides is 1. The second-order valence-electron chi connectivity index (χ2n) is 5.69. The van der Waals surface area contributed by atoms with Gasteiger partial charge in [0.1, 0.15) is 10.9 Å². The monoisotopic (exact) mass is 334 g/mol. The highest BCUT2D eigenvalue weighted by molar-refractivity contribution is 7.89. The highest BCUT2D eigenvalue weighted by Gasteiger charge is 2.39. The molecule has 0 radical (unpaired) electrons. The van der Waals surface area contributed by atoms with E-state index in [0.29, 0.717) is 5.69 Å². The number of fused-ring (bicyclic) bond motifs is 1. The van der Waals surface area contributed by atoms with E-state index in [4.69, 9.17) is 5.73 Å². The second-order valence-corrected chi connectivity index (χ2v) is 7.55. The number of carbonyl (C=O) groups is 1. The van der Waals surface area contributed by atoms with Crippen LogP contribution in [0.5, 0.6) is 0 Å². The predicted molar refractivity (Wildman–Crippen MR) is 83.8 cm³/mol. The Balaban J connectivity index is 2.09. The summed E-state index contributed by atoms with van der Waals surface area (Å²) in [5.74, 6) is -0.648. The lowest BCUT2D eigenvalue weighted by atomic mass is 9.96. The van der Waals surface area contributed by atoms with Crippen molar-refractivity contribution in [2.75, 3.05) is 0 Å². The summed E-state index contributed by atoms with van der Waals surface area (Å²) in [7, 11) is -2.20. The fourth-order valence-electron chi connectivity index (χ4n) is 2.95. The summed E-state index contributed by atoms with van der Waals surface area (Å²) in [6.45, 7) is 1.75. The number of benzene rings is 1. The molecule has 8 heteroatoms. The number of aromatic nitrogens is 2. The van der Waals surface area contributed by atoms with Crippen LogP contribution in [0.15, 0.2) is 35.4 Å². The molecule has 1 aliphatic heterocycles. The van der Waals surface area contributed by atoms with Crippen molar-refractivity contribution in [1.29, 1.82) is 0 Å². The zero-order valence-electron chi connectivity index (χ0n) is 12.9. The van der Waals surface area contributed by atoms with Crippen molar-refractivity contribution >= 4 is 15.9 Å². The van der Waals surface area contributed by atoms with Gasteiger partial charge in [0, 0.05) is 19.8 Å². The molecule has 1 aromatic carbocycles. The normalized spacial score (nSPS) is 18.6. The van der Waals surface area contributed by atoms with Crippen molar-refractivity contribution in [2.45, 2.75) is 30.8 Å². The number of carbonyl (C=O) groups excluding carboxylic acids is 1. The molecule has 2 N–H and O–H groups in total. The summed E-state index contributed by atoms with van der Waals surface area (Å²) in [5.41, 5.74) is 7.70. The van der Waals surface area contributed by atoms with Gasteiger partial charge in [-0.3, -0.25) is 9.48 Å². The third-order valence-corrected chi connectivity index (χ3v) is 6.05. The van der Waals surface area contributed by atoms with Crippen molar-refractivity contribution in [3.8, 4) is 0 Å². The fourth-order valence-corrected chi connectivity index (χ4v) is 4.73. The molecule has 1 atom stereocenters. The van der Waals surface area contributed by atoms with Gasteiger partial charge in [-0.1, -0.05) is 24.3 Å². The molecule has 0 saturated carbocycles. The Morgan fingerprint density at radius 2 is 1.96 bits per heavy atom. The Bertz CT molecular complexity index is 873. The zero-order valence-corrected chi connectivity index (χ0v) is 13.7. The predicted octanol–water partition coefficient (Wildman–Crippen LogP) is 0.329. The van der Waals surface area contributed by atoms with E-state index in [9.17, 15) is 13.2 Å². The standard InChI is InChI=1S/C15H18N4O3S/c1-10-14(9-18(2)17-10)23(21,22)19-8-12-6-4-3-5-11(12)7-13(19)15(16)20/h3-6,9,13H,7-8H2,1-2H3,(H2,16,20)/t13-/m0/s1. The van der Waals surface area contributed by atoms with E-state index in [1.165, 1.54) is 15.2 Å². The second kappa shape index (κ2) is 5.47. The number of aryl methyl sites for hydroxylation is 2. The molecule has 1 aromatic heterocycles. The highest BCUT2D eigenvalue weighted by atomic mass is 32.2. The molecule has 1 amide bonds. The Morgan fingerprint density at radius 3 is 2.52 bits per heavy atom. The average molecular weight is 334 g/mol. The quantitative estimate of drug-likeness (QED) is 0.874. The topological polar surface area (TPSA) is 98.3 Å². The maximum atomic E-state index is 13.0. The van der Waals surface area contributed by atoms with E-state index in [0.717, 1.165) is 11.1 Å². The SMILES string of the molecule is Cc1nn(C)cc1S(=O)(=O)N1Cc2ccccc2C[C@H]1C(N)=O. The lowest BCUT2D eigenvalue weighted by Gasteiger charge is -2.33. The molecule has 23 heavy (non-hydrogen) atoms. The molecule has 0 bridgehead atoms. The van der Waals surface area contributed by atoms with Crippen LogP contribution >= 0.6 is 0 Å². The molecular formula is C15H18N4O3S. The molecule has 2 aromatic rings. The van der Waals surface area contributed by atoms with Crippen LogP contribution in [-0.2, 0) is 34.8 Å². The summed E-state index contributed by atoms with van der Waals surface area (Å²) in [4.78, 5) is 11.9. The lowest BCUT2D eigenvalue weighted by Crippen LogP contribution is -2.51. The van der Waals surface area contributed by atoms with Crippen LogP contribution in [0.3, 0.4) is 0 Å². The molecule has 1 aliphatic rings. The van der Waals surface area contributed by atoms with E-state index >= 15 is 0 Å². The maximum Gasteiger partial charge on any atom is 0.247 e. The van der Waals surface area contributed by atoms with Crippen LogP contribution in [0.25, 0.3) is 0 Å². The number of hydrogen-bond donors (Lipinski definition) is 1. The molecule has 0 saturated heterocycles. The minimum atomic E-state index is -3.86. The highest BCUT2D eigenvalue weighted by Crippen LogP contribution is 2.29. The van der Waals surface area contributed by atoms with Crippen molar-refractivity contribution in [3.05, 3.63) is 47.3 Å². The van der Waals surface area contributed by atoms with Crippen LogP contribution < -0.4 is 5.73 Å². The smallest absolute Gasteiger partial charge is 0.247 e. The van der Waals surface area contributed by atoms with Gasteiger partial charge in [0.2, 0.25) is 15.9 Å². The van der Waals surface area contributed by atoms with Crippen molar-refractivity contribution in [3.63, 3.8) is 0 Å². The average Bonchev–Trinajstić information content (AvgIpc) is 2.85. The summed E-state index contributed by atoms with van der Waals surface area (Å²) in [6, 6.07) is 6.58. The molecular weight excluding hydrogens is 316 g/mol. The molecule has 0 aliphatic carbocycles. The first-order valence-electron chi connectivity index (χ1n) is 7.19. The van der Waals surface area contributed by atoms with E-state index in [1.54, 1.807) is 14.0 Å². The van der Waals surface area contributed by atoms with Gasteiger partial charge in [-0.2, -0.15) is 9.40 Å². The summed E-state index contributed by atoms with van der Waals surface area (Å²) in [6.07, 6.45) is 1.73. The van der Waals surface area contributed by atoms with Crippen LogP contribution in [0, 0.1) is 6.92 Å². The van der Waals surface area contributed by atoms with Crippen LogP contribution in [-0.4, -0.2) is 34.5 Å². The summed E-state index contributed by atoms with van der Waals surface area (Å²) >= 11 is 0. The zero-order chi connectivity index (χ0) is 16.8. The minimum Gasteiger partial charge on any atom is -0.368 e. The first kappa shape index (κ1) is 15.7. The van der Waals surface area contributed by atoms with Gasteiger partial charge < -0.3 is 5.73 Å². The van der Waals surface area contributed by atoms with Gasteiger partial charge in [-0.25, -0.2) is 8.42 Å². The van der Waals surface area contributed by atoms with Gasteiger partial charge in [-0.05, 0) is 24.5 Å². The van der Waals surface area contributed by atoms with Crippen LogP contribution in [0.1, 0.15) is 16.8 Å². The van der Waals surface area contributed by atoms with E-state index in [-0.39, 0.29) is 17.9 Å². The van der Waals surface area contributed by atoms with Gasteiger partial charge in [0.05, 0.1) is 5.69 Å². The molecule has 7 nitrogen and oxygen atoms in total. The third kappa shape index (κ3) is 2.64. The summed E-state index contributed by atoms with van der Waals surface area (Å²) in [5, 5.41) is 4.08. The Morgan fingerprint density at radius 1 is 1.30 bits per heavy atom. The minimum absolute atomic E-state index is 0.102. The number of nitrogens with zero attached hydrogens (tertiary/aromatic N) is 3.